The molecule has 0 saturated heterocycles. The number of fused-ring (bicyclic) bond motifs is 1. The highest BCUT2D eigenvalue weighted by Crippen LogP contribution is 2.36. The van der Waals surface area contributed by atoms with Crippen LogP contribution in [0.1, 0.15) is 25.3 Å². The topological polar surface area (TPSA) is 79.5 Å². The van der Waals surface area contributed by atoms with E-state index in [1.54, 1.807) is 7.11 Å². The van der Waals surface area contributed by atoms with Crippen molar-refractivity contribution in [2.75, 3.05) is 45.8 Å². The lowest BCUT2D eigenvalue weighted by atomic mass is 10.1. The monoisotopic (exact) mass is 460 g/mol. The van der Waals surface area contributed by atoms with Crippen LogP contribution in [0.3, 0.4) is 0 Å². The number of anilines is 1. The van der Waals surface area contributed by atoms with Gasteiger partial charge in [0.1, 0.15) is 18.4 Å². The van der Waals surface area contributed by atoms with Crippen molar-refractivity contribution in [2.24, 2.45) is 5.92 Å². The summed E-state index contributed by atoms with van der Waals surface area (Å²) in [7, 11) is 3.75. The summed E-state index contributed by atoms with van der Waals surface area (Å²) >= 11 is 0. The number of benzene rings is 2. The van der Waals surface area contributed by atoms with Gasteiger partial charge in [-0.2, -0.15) is 5.26 Å². The molecule has 1 aliphatic carbocycles. The number of methoxy groups -OCH3 is 1. The van der Waals surface area contributed by atoms with E-state index < -0.39 is 0 Å². The molecule has 178 valence electrons. The maximum Gasteiger partial charge on any atom is 0.227 e. The number of rotatable bonds is 11. The summed E-state index contributed by atoms with van der Waals surface area (Å²) in [5.74, 6) is 1.04. The molecule has 7 nitrogen and oxygen atoms in total. The van der Waals surface area contributed by atoms with Crippen molar-refractivity contribution >= 4 is 22.5 Å². The number of nitrogens with zero attached hydrogens (tertiary/aromatic N) is 3. The van der Waals surface area contributed by atoms with Crippen molar-refractivity contribution in [3.63, 3.8) is 0 Å². The van der Waals surface area contributed by atoms with Gasteiger partial charge in [0.15, 0.2) is 0 Å². The van der Waals surface area contributed by atoms with Gasteiger partial charge in [-0.15, -0.1) is 0 Å². The first-order valence-corrected chi connectivity index (χ1v) is 11.8. The molecule has 4 rings (SSSR count). The Morgan fingerprint density at radius 2 is 1.91 bits per heavy atom. The quantitative estimate of drug-likeness (QED) is 0.456. The minimum atomic E-state index is 0.0885. The third kappa shape index (κ3) is 5.24. The molecule has 1 saturated carbocycles. The Morgan fingerprint density at radius 3 is 2.56 bits per heavy atom. The second-order valence-electron chi connectivity index (χ2n) is 8.74. The van der Waals surface area contributed by atoms with Gasteiger partial charge in [-0.25, -0.2) is 0 Å². The summed E-state index contributed by atoms with van der Waals surface area (Å²) < 4.78 is 13.3. The molecule has 1 aliphatic rings. The zero-order chi connectivity index (χ0) is 24.1. The van der Waals surface area contributed by atoms with Gasteiger partial charge in [-0.1, -0.05) is 12.1 Å². The van der Waals surface area contributed by atoms with Crippen LogP contribution in [-0.2, 0) is 16.1 Å². The lowest BCUT2D eigenvalue weighted by Crippen LogP contribution is -2.27. The Kier molecular flexibility index (Phi) is 7.51. The van der Waals surface area contributed by atoms with Crippen LogP contribution < -0.4 is 10.1 Å². The third-order valence-electron chi connectivity index (χ3n) is 6.26. The second kappa shape index (κ2) is 10.7. The van der Waals surface area contributed by atoms with E-state index in [0.29, 0.717) is 18.8 Å². The van der Waals surface area contributed by atoms with Crippen molar-refractivity contribution in [3.05, 3.63) is 48.0 Å². The number of carbonyl (C=O) groups is 1. The molecule has 2 aromatic carbocycles. The summed E-state index contributed by atoms with van der Waals surface area (Å²) in [5, 5.41) is 13.9. The summed E-state index contributed by atoms with van der Waals surface area (Å²) in [6.45, 7) is 5.72. The van der Waals surface area contributed by atoms with Gasteiger partial charge in [0.25, 0.3) is 0 Å². The van der Waals surface area contributed by atoms with Gasteiger partial charge in [0.2, 0.25) is 5.91 Å². The molecule has 1 amide bonds. The van der Waals surface area contributed by atoms with E-state index in [2.05, 4.69) is 27.8 Å². The third-order valence-corrected chi connectivity index (χ3v) is 6.26. The Balaban J connectivity index is 1.57. The first-order valence-electron chi connectivity index (χ1n) is 11.8. The zero-order valence-electron chi connectivity index (χ0n) is 20.1. The smallest absolute Gasteiger partial charge is 0.227 e. The number of likely N-dealkylation sites (N-methyl/N-ethyl adjacent to an activating group) is 1. The zero-order valence-corrected chi connectivity index (χ0v) is 20.1. The SMILES string of the molecule is CCn1c(-c2ccc(NC(=O)C3CC3)cc2)c(C#N)c2ccc(OCCN(C)CCOC)cc21. The number of hydrogen-bond donors (Lipinski definition) is 1. The number of nitrogens with one attached hydrogen (secondary N) is 1. The molecule has 1 N–H and O–H groups in total. The number of nitriles is 1. The van der Waals surface area contributed by atoms with Crippen LogP contribution in [0, 0.1) is 17.2 Å². The van der Waals surface area contributed by atoms with Crippen LogP contribution >= 0.6 is 0 Å². The average Bonchev–Trinajstić information content (AvgIpc) is 3.65. The van der Waals surface area contributed by atoms with Crippen molar-refractivity contribution in [3.8, 4) is 23.1 Å². The highest BCUT2D eigenvalue weighted by molar-refractivity contribution is 5.96. The molecule has 0 aliphatic heterocycles. The van der Waals surface area contributed by atoms with E-state index in [0.717, 1.165) is 66.1 Å². The van der Waals surface area contributed by atoms with Crippen molar-refractivity contribution in [1.82, 2.24) is 9.47 Å². The van der Waals surface area contributed by atoms with Crippen LogP contribution in [0.2, 0.25) is 0 Å². The van der Waals surface area contributed by atoms with E-state index in [-0.39, 0.29) is 11.8 Å². The van der Waals surface area contributed by atoms with Gasteiger partial charge in [-0.05, 0) is 56.6 Å². The number of aryl methyl sites for hydroxylation is 1. The maximum atomic E-state index is 12.1. The largest absolute Gasteiger partial charge is 0.492 e. The van der Waals surface area contributed by atoms with Gasteiger partial charge in [0, 0.05) is 49.8 Å². The van der Waals surface area contributed by atoms with E-state index >= 15 is 0 Å². The number of ether oxygens (including phenoxy) is 2. The van der Waals surface area contributed by atoms with Crippen LogP contribution in [-0.4, -0.2) is 55.8 Å². The molecule has 1 heterocycles. The standard InChI is InChI=1S/C27H32N4O3/c1-4-31-25-17-22(34-16-14-30(2)13-15-33-3)11-12-23(25)24(18-28)26(31)19-7-9-21(10-8-19)29-27(32)20-5-6-20/h7-12,17,20H,4-6,13-16H2,1-3H3,(H,29,32). The van der Waals surface area contributed by atoms with Crippen molar-refractivity contribution < 1.29 is 14.3 Å². The molecule has 0 bridgehead atoms. The molecule has 0 unspecified atom stereocenters. The Hall–Kier alpha value is -3.34. The number of aromatic nitrogens is 1. The highest BCUT2D eigenvalue weighted by atomic mass is 16.5. The fraction of sp³-hybridized carbons (Fsp3) is 0.407. The van der Waals surface area contributed by atoms with Gasteiger partial charge >= 0.3 is 0 Å². The Labute approximate surface area is 200 Å². The van der Waals surface area contributed by atoms with E-state index in [4.69, 9.17) is 9.47 Å². The molecule has 0 atom stereocenters. The predicted octanol–water partition coefficient (Wildman–Crippen LogP) is 4.51. The first-order chi connectivity index (χ1) is 16.5. The maximum absolute atomic E-state index is 12.1. The summed E-state index contributed by atoms with van der Waals surface area (Å²) in [5.41, 5.74) is 4.24. The highest BCUT2D eigenvalue weighted by Gasteiger charge is 2.29. The summed E-state index contributed by atoms with van der Waals surface area (Å²) in [6.07, 6.45) is 1.95. The van der Waals surface area contributed by atoms with Gasteiger partial charge in [-0.3, -0.25) is 4.79 Å². The predicted molar refractivity (Wildman–Crippen MR) is 134 cm³/mol. The lowest BCUT2D eigenvalue weighted by Gasteiger charge is -2.16. The Morgan fingerprint density at radius 1 is 1.18 bits per heavy atom. The molecule has 7 heteroatoms. The summed E-state index contributed by atoms with van der Waals surface area (Å²) in [4.78, 5) is 14.2. The molecular weight excluding hydrogens is 428 g/mol. The van der Waals surface area contributed by atoms with Crippen molar-refractivity contribution in [1.29, 1.82) is 5.26 Å². The summed E-state index contributed by atoms with van der Waals surface area (Å²) in [6, 6.07) is 16.1. The minimum Gasteiger partial charge on any atom is -0.492 e. The fourth-order valence-corrected chi connectivity index (χ4v) is 4.14. The average molecular weight is 461 g/mol. The van der Waals surface area contributed by atoms with E-state index in [1.807, 2.05) is 49.5 Å². The normalized spacial score (nSPS) is 13.3. The Bertz CT molecular complexity index is 1190. The number of amides is 1. The van der Waals surface area contributed by atoms with Gasteiger partial charge < -0.3 is 24.3 Å². The van der Waals surface area contributed by atoms with Crippen LogP contribution in [0.4, 0.5) is 5.69 Å². The minimum absolute atomic E-state index is 0.0885. The number of hydrogen-bond acceptors (Lipinski definition) is 5. The van der Waals surface area contributed by atoms with E-state index in [1.165, 1.54) is 0 Å². The van der Waals surface area contributed by atoms with Crippen molar-refractivity contribution in [2.45, 2.75) is 26.3 Å². The molecule has 0 radical (unpaired) electrons. The number of carbonyl (C=O) groups excluding carboxylic acids is 1. The lowest BCUT2D eigenvalue weighted by molar-refractivity contribution is -0.117. The molecule has 1 aromatic heterocycles. The second-order valence-corrected chi connectivity index (χ2v) is 8.74. The van der Waals surface area contributed by atoms with Gasteiger partial charge in [0.05, 0.1) is 23.4 Å². The van der Waals surface area contributed by atoms with Crippen LogP contribution in [0.25, 0.3) is 22.2 Å². The molecule has 0 spiro atoms. The van der Waals surface area contributed by atoms with E-state index in [9.17, 15) is 10.1 Å². The molecule has 3 aromatic rings. The van der Waals surface area contributed by atoms with Crippen LogP contribution in [0.15, 0.2) is 42.5 Å². The fourth-order valence-electron chi connectivity index (χ4n) is 4.14. The van der Waals surface area contributed by atoms with Crippen LogP contribution in [0.5, 0.6) is 5.75 Å². The first kappa shape index (κ1) is 23.8. The molecular formula is C27H32N4O3. The molecule has 34 heavy (non-hydrogen) atoms. The molecule has 1 fully saturated rings.